The normalized spacial score (nSPS) is 29.6. The Morgan fingerprint density at radius 2 is 2.11 bits per heavy atom. The molecule has 0 bridgehead atoms. The fourth-order valence-corrected chi connectivity index (χ4v) is 2.70. The van der Waals surface area contributed by atoms with E-state index < -0.39 is 5.97 Å². The lowest BCUT2D eigenvalue weighted by Gasteiger charge is -2.30. The molecule has 1 amide bonds. The van der Waals surface area contributed by atoms with E-state index in [9.17, 15) is 9.59 Å². The number of hydrogen-bond donors (Lipinski definition) is 3. The quantitative estimate of drug-likeness (QED) is 0.676. The van der Waals surface area contributed by atoms with Gasteiger partial charge >= 0.3 is 5.97 Å². The van der Waals surface area contributed by atoms with Crippen molar-refractivity contribution in [3.05, 3.63) is 0 Å². The standard InChI is InChI=1S/C13H22N2O3/c1-8-3-2-6-14-12(8)13(18)15-10(7-11(16)17)9-4-5-9/h8-10,12,14H,2-7H2,1H3,(H,15,18)(H,16,17). The van der Waals surface area contributed by atoms with Crippen LogP contribution in [0.4, 0.5) is 0 Å². The third-order valence-electron chi connectivity index (χ3n) is 3.97. The summed E-state index contributed by atoms with van der Waals surface area (Å²) in [7, 11) is 0. The van der Waals surface area contributed by atoms with Crippen LogP contribution < -0.4 is 10.6 Å². The Hall–Kier alpha value is -1.10. The molecule has 1 aliphatic heterocycles. The van der Waals surface area contributed by atoms with Gasteiger partial charge in [-0.3, -0.25) is 9.59 Å². The summed E-state index contributed by atoms with van der Waals surface area (Å²) in [6.07, 6.45) is 4.26. The van der Waals surface area contributed by atoms with Crippen molar-refractivity contribution in [2.75, 3.05) is 6.54 Å². The monoisotopic (exact) mass is 254 g/mol. The largest absolute Gasteiger partial charge is 0.481 e. The van der Waals surface area contributed by atoms with Crippen LogP contribution in [0.15, 0.2) is 0 Å². The molecule has 18 heavy (non-hydrogen) atoms. The van der Waals surface area contributed by atoms with Crippen LogP contribution in [0.25, 0.3) is 0 Å². The number of hydrogen-bond acceptors (Lipinski definition) is 3. The summed E-state index contributed by atoms with van der Waals surface area (Å²) in [6.45, 7) is 2.94. The Bertz CT molecular complexity index is 328. The molecule has 0 radical (unpaired) electrons. The highest BCUT2D eigenvalue weighted by atomic mass is 16.4. The average molecular weight is 254 g/mol. The van der Waals surface area contributed by atoms with Crippen molar-refractivity contribution in [3.63, 3.8) is 0 Å². The summed E-state index contributed by atoms with van der Waals surface area (Å²) in [5.74, 6) is -0.176. The van der Waals surface area contributed by atoms with Crippen LogP contribution in [-0.2, 0) is 9.59 Å². The molecule has 1 saturated carbocycles. The lowest BCUT2D eigenvalue weighted by Crippen LogP contribution is -2.53. The van der Waals surface area contributed by atoms with Crippen molar-refractivity contribution >= 4 is 11.9 Å². The first kappa shape index (κ1) is 13.3. The lowest BCUT2D eigenvalue weighted by atomic mass is 9.92. The van der Waals surface area contributed by atoms with Gasteiger partial charge in [0.1, 0.15) is 0 Å². The SMILES string of the molecule is CC1CCCNC1C(=O)NC(CC(=O)O)C1CC1. The fraction of sp³-hybridized carbons (Fsp3) is 0.846. The topological polar surface area (TPSA) is 78.4 Å². The predicted molar refractivity (Wildman–Crippen MR) is 67.1 cm³/mol. The molecule has 0 aromatic heterocycles. The van der Waals surface area contributed by atoms with Gasteiger partial charge in [0.05, 0.1) is 12.5 Å². The van der Waals surface area contributed by atoms with Crippen molar-refractivity contribution in [1.29, 1.82) is 0 Å². The third-order valence-corrected chi connectivity index (χ3v) is 3.97. The van der Waals surface area contributed by atoms with E-state index in [0.717, 1.165) is 32.2 Å². The summed E-state index contributed by atoms with van der Waals surface area (Å²) < 4.78 is 0. The summed E-state index contributed by atoms with van der Waals surface area (Å²) in [5.41, 5.74) is 0. The molecule has 1 aliphatic carbocycles. The second-order valence-corrected chi connectivity index (χ2v) is 5.60. The Morgan fingerprint density at radius 1 is 1.39 bits per heavy atom. The number of carboxylic acid groups (broad SMARTS) is 1. The first-order valence-electron chi connectivity index (χ1n) is 6.83. The van der Waals surface area contributed by atoms with E-state index in [-0.39, 0.29) is 24.4 Å². The van der Waals surface area contributed by atoms with E-state index in [1.807, 2.05) is 0 Å². The van der Waals surface area contributed by atoms with Gasteiger partial charge in [-0.25, -0.2) is 0 Å². The number of amides is 1. The molecule has 3 atom stereocenters. The maximum atomic E-state index is 12.2. The van der Waals surface area contributed by atoms with Gasteiger partial charge in [-0.15, -0.1) is 0 Å². The van der Waals surface area contributed by atoms with E-state index in [0.29, 0.717) is 11.8 Å². The minimum Gasteiger partial charge on any atom is -0.481 e. The van der Waals surface area contributed by atoms with Gasteiger partial charge in [0.15, 0.2) is 0 Å². The van der Waals surface area contributed by atoms with Gasteiger partial charge in [-0.2, -0.15) is 0 Å². The zero-order chi connectivity index (χ0) is 13.1. The number of aliphatic carboxylic acids is 1. The van der Waals surface area contributed by atoms with Crippen molar-refractivity contribution in [1.82, 2.24) is 10.6 Å². The molecule has 5 nitrogen and oxygen atoms in total. The fourth-order valence-electron chi connectivity index (χ4n) is 2.70. The van der Waals surface area contributed by atoms with E-state index >= 15 is 0 Å². The molecule has 2 fully saturated rings. The van der Waals surface area contributed by atoms with Crippen molar-refractivity contribution < 1.29 is 14.7 Å². The first-order chi connectivity index (χ1) is 8.58. The van der Waals surface area contributed by atoms with Crippen LogP contribution in [0.3, 0.4) is 0 Å². The minimum absolute atomic E-state index is 0.0275. The van der Waals surface area contributed by atoms with Crippen LogP contribution in [0.5, 0.6) is 0 Å². The zero-order valence-corrected chi connectivity index (χ0v) is 10.8. The molecule has 2 aliphatic rings. The summed E-state index contributed by atoms with van der Waals surface area (Å²) in [4.78, 5) is 23.0. The number of carbonyl (C=O) groups is 2. The smallest absolute Gasteiger partial charge is 0.305 e. The second-order valence-electron chi connectivity index (χ2n) is 5.60. The second kappa shape index (κ2) is 5.69. The molecule has 0 aromatic rings. The lowest BCUT2D eigenvalue weighted by molar-refractivity contribution is -0.138. The summed E-state index contributed by atoms with van der Waals surface area (Å²) >= 11 is 0. The molecule has 1 heterocycles. The Balaban J connectivity index is 1.89. The molecule has 2 rings (SSSR count). The van der Waals surface area contributed by atoms with Gasteiger partial charge < -0.3 is 15.7 Å². The molecular weight excluding hydrogens is 232 g/mol. The van der Waals surface area contributed by atoms with Gasteiger partial charge in [0, 0.05) is 6.04 Å². The molecule has 1 saturated heterocycles. The minimum atomic E-state index is -0.836. The van der Waals surface area contributed by atoms with Crippen LogP contribution in [0.2, 0.25) is 0 Å². The molecule has 5 heteroatoms. The van der Waals surface area contributed by atoms with Crippen LogP contribution in [0.1, 0.15) is 39.0 Å². The van der Waals surface area contributed by atoms with Gasteiger partial charge in [0.25, 0.3) is 0 Å². The highest BCUT2D eigenvalue weighted by Gasteiger charge is 2.36. The summed E-state index contributed by atoms with van der Waals surface area (Å²) in [5, 5.41) is 15.0. The number of carbonyl (C=O) groups excluding carboxylic acids is 1. The molecule has 0 aromatic carbocycles. The van der Waals surface area contributed by atoms with Crippen molar-refractivity contribution in [3.8, 4) is 0 Å². The average Bonchev–Trinajstić information content (AvgIpc) is 3.11. The number of carboxylic acids is 1. The highest BCUT2D eigenvalue weighted by molar-refractivity contribution is 5.83. The van der Waals surface area contributed by atoms with Gasteiger partial charge in [0.2, 0.25) is 5.91 Å². The molecule has 0 spiro atoms. The number of nitrogens with one attached hydrogen (secondary N) is 2. The van der Waals surface area contributed by atoms with Gasteiger partial charge in [-0.05, 0) is 44.1 Å². The predicted octanol–water partition coefficient (Wildman–Crippen LogP) is 0.744. The van der Waals surface area contributed by atoms with Crippen LogP contribution in [-0.4, -0.2) is 35.6 Å². The first-order valence-corrected chi connectivity index (χ1v) is 6.83. The van der Waals surface area contributed by atoms with Crippen LogP contribution >= 0.6 is 0 Å². The molecular formula is C13H22N2O3. The van der Waals surface area contributed by atoms with E-state index in [2.05, 4.69) is 17.6 Å². The van der Waals surface area contributed by atoms with Crippen molar-refractivity contribution in [2.45, 2.75) is 51.1 Å². The highest BCUT2D eigenvalue weighted by Crippen LogP contribution is 2.34. The van der Waals surface area contributed by atoms with E-state index in [1.54, 1.807) is 0 Å². The molecule has 3 unspecified atom stereocenters. The number of rotatable bonds is 5. The van der Waals surface area contributed by atoms with Gasteiger partial charge in [-0.1, -0.05) is 6.92 Å². The third kappa shape index (κ3) is 3.45. The van der Waals surface area contributed by atoms with Crippen molar-refractivity contribution in [2.24, 2.45) is 11.8 Å². The van der Waals surface area contributed by atoms with E-state index in [1.165, 1.54) is 0 Å². The molecule has 102 valence electrons. The van der Waals surface area contributed by atoms with Crippen LogP contribution in [0, 0.1) is 11.8 Å². The maximum Gasteiger partial charge on any atom is 0.305 e. The Morgan fingerprint density at radius 3 is 2.67 bits per heavy atom. The number of piperidine rings is 1. The van der Waals surface area contributed by atoms with E-state index in [4.69, 9.17) is 5.11 Å². The maximum absolute atomic E-state index is 12.2. The Labute approximate surface area is 107 Å². The molecule has 3 N–H and O–H groups in total. The zero-order valence-electron chi connectivity index (χ0n) is 10.8. The summed E-state index contributed by atoms with van der Waals surface area (Å²) in [6, 6.07) is -0.347. The Kier molecular flexibility index (Phi) is 4.22.